The molecule has 0 radical (unpaired) electrons. The summed E-state index contributed by atoms with van der Waals surface area (Å²) in [5, 5.41) is 3.38. The molecule has 0 aromatic heterocycles. The van der Waals surface area contributed by atoms with Crippen molar-refractivity contribution in [3.8, 4) is 0 Å². The molecule has 136 valence electrons. The number of unbranched alkanes of at least 4 members (excludes halogenated alkanes) is 4. The smallest absolute Gasteiger partial charge is 0.243 e. The van der Waals surface area contributed by atoms with Gasteiger partial charge < -0.3 is 5.32 Å². The number of nitrogens with one attached hydrogen (secondary N) is 1. The fourth-order valence-corrected chi connectivity index (χ4v) is 4.55. The maximum absolute atomic E-state index is 12.7. The first-order valence-electron chi connectivity index (χ1n) is 9.38. The average Bonchev–Trinajstić information content (AvgIpc) is 2.59. The predicted molar refractivity (Wildman–Crippen MR) is 101 cm³/mol. The third-order valence-corrected chi connectivity index (χ3v) is 6.76. The van der Waals surface area contributed by atoms with Crippen molar-refractivity contribution in [2.24, 2.45) is 5.92 Å². The van der Waals surface area contributed by atoms with Gasteiger partial charge in [-0.1, -0.05) is 39.5 Å². The van der Waals surface area contributed by atoms with Crippen molar-refractivity contribution in [1.29, 1.82) is 0 Å². The highest BCUT2D eigenvalue weighted by Crippen LogP contribution is 2.24. The molecule has 1 aromatic carbocycles. The molecule has 1 aliphatic heterocycles. The maximum Gasteiger partial charge on any atom is 0.243 e. The molecule has 4 nitrogen and oxygen atoms in total. The predicted octanol–water partition coefficient (Wildman–Crippen LogP) is 4.49. The van der Waals surface area contributed by atoms with Crippen LogP contribution in [0.15, 0.2) is 29.2 Å². The van der Waals surface area contributed by atoms with E-state index in [-0.39, 0.29) is 0 Å². The van der Waals surface area contributed by atoms with Crippen LogP contribution in [0, 0.1) is 5.92 Å². The van der Waals surface area contributed by atoms with Crippen LogP contribution < -0.4 is 5.32 Å². The number of hydrogen-bond acceptors (Lipinski definition) is 3. The van der Waals surface area contributed by atoms with E-state index < -0.39 is 10.0 Å². The Labute approximate surface area is 147 Å². The lowest BCUT2D eigenvalue weighted by molar-refractivity contribution is 0.288. The Hall–Kier alpha value is -1.07. The van der Waals surface area contributed by atoms with Crippen LogP contribution in [0.1, 0.15) is 58.8 Å². The van der Waals surface area contributed by atoms with Crippen LogP contribution in [0.25, 0.3) is 0 Å². The van der Waals surface area contributed by atoms with E-state index in [1.165, 1.54) is 25.7 Å². The Morgan fingerprint density at radius 1 is 1.04 bits per heavy atom. The summed E-state index contributed by atoms with van der Waals surface area (Å²) >= 11 is 0. The summed E-state index contributed by atoms with van der Waals surface area (Å²) in [6.07, 6.45) is 8.19. The molecule has 0 amide bonds. The fourth-order valence-electron chi connectivity index (χ4n) is 3.08. The van der Waals surface area contributed by atoms with Crippen LogP contribution in [-0.4, -0.2) is 32.4 Å². The van der Waals surface area contributed by atoms with Crippen LogP contribution >= 0.6 is 0 Å². The summed E-state index contributed by atoms with van der Waals surface area (Å²) in [5.74, 6) is 0.625. The summed E-state index contributed by atoms with van der Waals surface area (Å²) in [6, 6.07) is 7.22. The summed E-state index contributed by atoms with van der Waals surface area (Å²) in [5.41, 5.74) is 0.997. The number of benzene rings is 1. The Kier molecular flexibility index (Phi) is 7.56. The molecule has 0 unspecified atom stereocenters. The van der Waals surface area contributed by atoms with Crippen molar-refractivity contribution in [3.63, 3.8) is 0 Å². The Morgan fingerprint density at radius 2 is 1.67 bits per heavy atom. The van der Waals surface area contributed by atoms with Crippen molar-refractivity contribution in [1.82, 2.24) is 4.31 Å². The maximum atomic E-state index is 12.7. The standard InChI is InChI=1S/C19H32N2O2S/c1-3-4-5-6-7-14-20-18-8-10-19(11-9-18)24(22,23)21-15-12-17(2)13-16-21/h8-11,17,20H,3-7,12-16H2,1-2H3. The molecule has 24 heavy (non-hydrogen) atoms. The third kappa shape index (κ3) is 5.49. The molecular weight excluding hydrogens is 320 g/mol. The first-order chi connectivity index (χ1) is 11.5. The van der Waals surface area contributed by atoms with Crippen LogP contribution in [0.2, 0.25) is 0 Å². The van der Waals surface area contributed by atoms with Gasteiger partial charge in [-0.25, -0.2) is 8.42 Å². The van der Waals surface area contributed by atoms with Gasteiger partial charge in [-0.3, -0.25) is 0 Å². The lowest BCUT2D eigenvalue weighted by atomic mass is 10.0. The highest BCUT2D eigenvalue weighted by atomic mass is 32.2. The minimum absolute atomic E-state index is 0.408. The van der Waals surface area contributed by atoms with E-state index in [0.29, 0.717) is 23.9 Å². The Morgan fingerprint density at radius 3 is 2.29 bits per heavy atom. The van der Waals surface area contributed by atoms with Crippen LogP contribution in [-0.2, 0) is 10.0 Å². The van der Waals surface area contributed by atoms with E-state index in [9.17, 15) is 8.42 Å². The van der Waals surface area contributed by atoms with Crippen molar-refractivity contribution < 1.29 is 8.42 Å². The first-order valence-corrected chi connectivity index (χ1v) is 10.8. The second-order valence-corrected chi connectivity index (χ2v) is 8.89. The van der Waals surface area contributed by atoms with Crippen molar-refractivity contribution >= 4 is 15.7 Å². The van der Waals surface area contributed by atoms with Gasteiger partial charge >= 0.3 is 0 Å². The van der Waals surface area contributed by atoms with E-state index >= 15 is 0 Å². The molecule has 0 spiro atoms. The van der Waals surface area contributed by atoms with Crippen LogP contribution in [0.4, 0.5) is 5.69 Å². The second kappa shape index (κ2) is 9.42. The Balaban J connectivity index is 1.84. The van der Waals surface area contributed by atoms with Crippen molar-refractivity contribution in [3.05, 3.63) is 24.3 Å². The molecule has 0 aliphatic carbocycles. The molecule has 5 heteroatoms. The molecule has 1 fully saturated rings. The van der Waals surface area contributed by atoms with Crippen LogP contribution in [0.3, 0.4) is 0 Å². The molecule has 1 aliphatic rings. The van der Waals surface area contributed by atoms with Gasteiger partial charge in [0.05, 0.1) is 4.90 Å². The van der Waals surface area contributed by atoms with Gasteiger partial charge in [-0.15, -0.1) is 0 Å². The minimum atomic E-state index is -3.33. The summed E-state index contributed by atoms with van der Waals surface area (Å²) < 4.78 is 27.0. The summed E-state index contributed by atoms with van der Waals surface area (Å²) in [7, 11) is -3.33. The van der Waals surface area contributed by atoms with Crippen LogP contribution in [0.5, 0.6) is 0 Å². The van der Waals surface area contributed by atoms with E-state index in [1.807, 2.05) is 12.1 Å². The summed E-state index contributed by atoms with van der Waals surface area (Å²) in [6.45, 7) is 6.63. The molecule has 1 heterocycles. The van der Waals surface area contributed by atoms with E-state index in [0.717, 1.165) is 31.5 Å². The number of piperidine rings is 1. The lowest BCUT2D eigenvalue weighted by Gasteiger charge is -2.29. The topological polar surface area (TPSA) is 49.4 Å². The van der Waals surface area contributed by atoms with Crippen molar-refractivity contribution in [2.75, 3.05) is 25.0 Å². The molecule has 1 saturated heterocycles. The zero-order valence-corrected chi connectivity index (χ0v) is 15.9. The monoisotopic (exact) mass is 352 g/mol. The highest BCUT2D eigenvalue weighted by Gasteiger charge is 2.27. The third-order valence-electron chi connectivity index (χ3n) is 4.84. The van der Waals surface area contributed by atoms with Gasteiger partial charge in [0.15, 0.2) is 0 Å². The van der Waals surface area contributed by atoms with E-state index in [2.05, 4.69) is 19.2 Å². The fraction of sp³-hybridized carbons (Fsp3) is 0.684. The summed E-state index contributed by atoms with van der Waals surface area (Å²) in [4.78, 5) is 0.408. The van der Waals surface area contributed by atoms with Gasteiger partial charge in [0.1, 0.15) is 0 Å². The van der Waals surface area contributed by atoms with E-state index in [4.69, 9.17) is 0 Å². The normalized spacial score (nSPS) is 17.1. The molecule has 2 rings (SSSR count). The Bertz CT molecular complexity index is 576. The van der Waals surface area contributed by atoms with E-state index in [1.54, 1.807) is 16.4 Å². The molecular formula is C19H32N2O2S. The number of hydrogen-bond donors (Lipinski definition) is 1. The number of anilines is 1. The zero-order chi connectivity index (χ0) is 17.4. The zero-order valence-electron chi connectivity index (χ0n) is 15.1. The molecule has 1 aromatic rings. The largest absolute Gasteiger partial charge is 0.385 e. The number of sulfonamides is 1. The van der Waals surface area contributed by atoms with Crippen molar-refractivity contribution in [2.45, 2.75) is 63.7 Å². The molecule has 1 N–H and O–H groups in total. The first kappa shape index (κ1) is 19.3. The van der Waals surface area contributed by atoms with Gasteiger partial charge in [-0.05, 0) is 49.4 Å². The number of rotatable bonds is 9. The number of nitrogens with zero attached hydrogens (tertiary/aromatic N) is 1. The second-order valence-electron chi connectivity index (χ2n) is 6.95. The highest BCUT2D eigenvalue weighted by molar-refractivity contribution is 7.89. The van der Waals surface area contributed by atoms with Gasteiger partial charge in [-0.2, -0.15) is 4.31 Å². The molecule has 0 bridgehead atoms. The minimum Gasteiger partial charge on any atom is -0.385 e. The van der Waals surface area contributed by atoms with Gasteiger partial charge in [0.25, 0.3) is 0 Å². The SMILES string of the molecule is CCCCCCCNc1ccc(S(=O)(=O)N2CCC(C)CC2)cc1. The molecule has 0 atom stereocenters. The van der Waals surface area contributed by atoms with Gasteiger partial charge in [0.2, 0.25) is 10.0 Å². The lowest BCUT2D eigenvalue weighted by Crippen LogP contribution is -2.37. The molecule has 0 saturated carbocycles. The average molecular weight is 353 g/mol. The quantitative estimate of drug-likeness (QED) is 0.666. The van der Waals surface area contributed by atoms with Gasteiger partial charge in [0, 0.05) is 25.3 Å².